The summed E-state index contributed by atoms with van der Waals surface area (Å²) in [5, 5.41) is 13.7. The van der Waals surface area contributed by atoms with Gasteiger partial charge in [0.1, 0.15) is 0 Å². The summed E-state index contributed by atoms with van der Waals surface area (Å²) in [5.41, 5.74) is 0.817. The zero-order valence-electron chi connectivity index (χ0n) is 7.24. The van der Waals surface area contributed by atoms with Crippen LogP contribution >= 0.6 is 0 Å². The maximum atomic E-state index is 11.3. The monoisotopic (exact) mass is 165 g/mol. The molecule has 1 rings (SSSR count). The summed E-state index contributed by atoms with van der Waals surface area (Å²) in [6.07, 6.45) is 1.01. The van der Waals surface area contributed by atoms with Crippen molar-refractivity contribution in [3.05, 3.63) is 0 Å². The highest BCUT2D eigenvalue weighted by Gasteiger charge is 2.30. The normalized spacial score (nSPS) is 22.4. The molecule has 0 radical (unpaired) electrons. The van der Waals surface area contributed by atoms with E-state index >= 15 is 0 Å². The fourth-order valence-electron chi connectivity index (χ4n) is 1.30. The number of carbonyl (C=O) groups is 1. The minimum Gasteiger partial charge on any atom is -0.272 e. The maximum absolute atomic E-state index is 11.3. The molecule has 1 aliphatic heterocycles. The topological polar surface area (TPSA) is 56.5 Å². The first kappa shape index (κ1) is 8.72. The van der Waals surface area contributed by atoms with Crippen molar-refractivity contribution >= 4 is 11.6 Å². The molecule has 1 heterocycles. The Morgan fingerprint density at radius 1 is 1.75 bits per heavy atom. The number of amides is 1. The molecule has 0 saturated carbocycles. The predicted octanol–water partition coefficient (Wildman–Crippen LogP) is 0.754. The molecule has 4 nitrogen and oxygen atoms in total. The predicted molar refractivity (Wildman–Crippen MR) is 44.2 cm³/mol. The summed E-state index contributed by atoms with van der Waals surface area (Å²) in [6, 6.07) is 2.02. The Morgan fingerprint density at radius 3 is 2.83 bits per heavy atom. The first-order valence-corrected chi connectivity index (χ1v) is 3.86. The molecule has 64 valence electrons. The van der Waals surface area contributed by atoms with Gasteiger partial charge in [0.25, 0.3) is 5.91 Å². The van der Waals surface area contributed by atoms with Gasteiger partial charge in [0.05, 0.1) is 12.0 Å². The smallest absolute Gasteiger partial charge is 0.251 e. The van der Waals surface area contributed by atoms with E-state index < -0.39 is 0 Å². The molecule has 4 heteroatoms. The lowest BCUT2D eigenvalue weighted by Crippen LogP contribution is -2.23. The van der Waals surface area contributed by atoms with Gasteiger partial charge in [-0.05, 0) is 13.3 Å². The van der Waals surface area contributed by atoms with Crippen molar-refractivity contribution < 1.29 is 4.79 Å². The second kappa shape index (κ2) is 3.35. The first-order chi connectivity index (χ1) is 5.66. The lowest BCUT2D eigenvalue weighted by Gasteiger charge is -2.06. The van der Waals surface area contributed by atoms with Crippen molar-refractivity contribution in [1.29, 1.82) is 5.26 Å². The number of nitrogens with zero attached hydrogens (tertiary/aromatic N) is 3. The molecule has 0 fully saturated rings. The van der Waals surface area contributed by atoms with Crippen molar-refractivity contribution in [2.75, 3.05) is 7.05 Å². The average molecular weight is 165 g/mol. The van der Waals surface area contributed by atoms with Crippen LogP contribution in [-0.2, 0) is 4.79 Å². The second-order valence-electron chi connectivity index (χ2n) is 2.85. The van der Waals surface area contributed by atoms with Gasteiger partial charge >= 0.3 is 0 Å². The lowest BCUT2D eigenvalue weighted by molar-refractivity contribution is -0.130. The number of rotatable bonds is 2. The lowest BCUT2D eigenvalue weighted by atomic mass is 9.99. The minimum absolute atomic E-state index is 0.00255. The van der Waals surface area contributed by atoms with E-state index in [9.17, 15) is 4.79 Å². The van der Waals surface area contributed by atoms with E-state index in [-0.39, 0.29) is 11.8 Å². The van der Waals surface area contributed by atoms with Gasteiger partial charge in [0, 0.05) is 19.2 Å². The van der Waals surface area contributed by atoms with Gasteiger partial charge in [-0.2, -0.15) is 10.4 Å². The van der Waals surface area contributed by atoms with Crippen molar-refractivity contribution in [1.82, 2.24) is 5.01 Å². The molecule has 0 N–H and O–H groups in total. The van der Waals surface area contributed by atoms with Gasteiger partial charge in [-0.1, -0.05) is 0 Å². The summed E-state index contributed by atoms with van der Waals surface area (Å²) >= 11 is 0. The van der Waals surface area contributed by atoms with E-state index in [1.807, 2.05) is 13.0 Å². The summed E-state index contributed by atoms with van der Waals surface area (Å²) in [7, 11) is 1.64. The van der Waals surface area contributed by atoms with Gasteiger partial charge in [-0.3, -0.25) is 4.79 Å². The van der Waals surface area contributed by atoms with Crippen LogP contribution in [0.25, 0.3) is 0 Å². The van der Waals surface area contributed by atoms with Crippen LogP contribution in [-0.4, -0.2) is 23.7 Å². The number of nitriles is 1. The Morgan fingerprint density at radius 2 is 2.42 bits per heavy atom. The largest absolute Gasteiger partial charge is 0.272 e. The van der Waals surface area contributed by atoms with Crippen LogP contribution in [0.5, 0.6) is 0 Å². The van der Waals surface area contributed by atoms with Crippen molar-refractivity contribution in [2.45, 2.75) is 19.8 Å². The molecule has 1 atom stereocenters. The molecule has 0 spiro atoms. The van der Waals surface area contributed by atoms with Crippen LogP contribution in [0.2, 0.25) is 0 Å². The molecule has 12 heavy (non-hydrogen) atoms. The van der Waals surface area contributed by atoms with Crippen LogP contribution in [0.4, 0.5) is 0 Å². The van der Waals surface area contributed by atoms with Crippen LogP contribution in [0.1, 0.15) is 19.8 Å². The SMILES string of the molecule is CC1=NN(C)C(=O)C1CCC#N. The quantitative estimate of drug-likeness (QED) is 0.606. The summed E-state index contributed by atoms with van der Waals surface area (Å²) in [5.74, 6) is -0.155. The highest BCUT2D eigenvalue weighted by atomic mass is 16.2. The molecular formula is C8H11N3O. The second-order valence-corrected chi connectivity index (χ2v) is 2.85. The molecule has 1 aliphatic rings. The highest BCUT2D eigenvalue weighted by molar-refractivity contribution is 6.06. The molecule has 0 aliphatic carbocycles. The third-order valence-corrected chi connectivity index (χ3v) is 1.97. The third kappa shape index (κ3) is 1.45. The zero-order chi connectivity index (χ0) is 9.14. The van der Waals surface area contributed by atoms with Gasteiger partial charge in [-0.25, -0.2) is 5.01 Å². The van der Waals surface area contributed by atoms with Gasteiger partial charge in [-0.15, -0.1) is 0 Å². The molecule has 0 saturated heterocycles. The van der Waals surface area contributed by atoms with Crippen LogP contribution in [0.15, 0.2) is 5.10 Å². The van der Waals surface area contributed by atoms with E-state index in [2.05, 4.69) is 5.10 Å². The van der Waals surface area contributed by atoms with Gasteiger partial charge in [0.15, 0.2) is 0 Å². The Bertz CT molecular complexity index is 264. The third-order valence-electron chi connectivity index (χ3n) is 1.97. The fraction of sp³-hybridized carbons (Fsp3) is 0.625. The van der Waals surface area contributed by atoms with E-state index in [1.165, 1.54) is 5.01 Å². The molecular weight excluding hydrogens is 154 g/mol. The van der Waals surface area contributed by atoms with Crippen LogP contribution in [0, 0.1) is 17.2 Å². The number of hydrogen-bond donors (Lipinski definition) is 0. The summed E-state index contributed by atoms with van der Waals surface area (Å²) in [6.45, 7) is 1.82. The molecule has 0 bridgehead atoms. The van der Waals surface area contributed by atoms with Crippen LogP contribution in [0.3, 0.4) is 0 Å². The molecule has 0 aromatic carbocycles. The fourth-order valence-corrected chi connectivity index (χ4v) is 1.30. The first-order valence-electron chi connectivity index (χ1n) is 3.86. The molecule has 0 aromatic rings. The molecule has 1 unspecified atom stereocenters. The zero-order valence-corrected chi connectivity index (χ0v) is 7.24. The van der Waals surface area contributed by atoms with E-state index in [4.69, 9.17) is 5.26 Å². The Balaban J connectivity index is 2.61. The highest BCUT2D eigenvalue weighted by Crippen LogP contribution is 2.18. The minimum atomic E-state index is -0.158. The molecule has 0 aromatic heterocycles. The Hall–Kier alpha value is -1.37. The van der Waals surface area contributed by atoms with Crippen molar-refractivity contribution in [2.24, 2.45) is 11.0 Å². The maximum Gasteiger partial charge on any atom is 0.251 e. The van der Waals surface area contributed by atoms with Gasteiger partial charge in [0.2, 0.25) is 0 Å². The standard InChI is InChI=1S/C8H11N3O/c1-6-7(4-3-5-9)8(12)11(2)10-6/h7H,3-4H2,1-2H3. The van der Waals surface area contributed by atoms with Crippen molar-refractivity contribution in [3.8, 4) is 6.07 Å². The number of hydrazone groups is 1. The summed E-state index contributed by atoms with van der Waals surface area (Å²) < 4.78 is 0. The number of hydrogen-bond acceptors (Lipinski definition) is 3. The van der Waals surface area contributed by atoms with Gasteiger partial charge < -0.3 is 0 Å². The van der Waals surface area contributed by atoms with Crippen molar-refractivity contribution in [3.63, 3.8) is 0 Å². The summed E-state index contributed by atoms with van der Waals surface area (Å²) in [4.78, 5) is 11.3. The number of carbonyl (C=O) groups excluding carboxylic acids is 1. The van der Waals surface area contributed by atoms with E-state index in [0.717, 1.165) is 5.71 Å². The van der Waals surface area contributed by atoms with Crippen LogP contribution < -0.4 is 0 Å². The van der Waals surface area contributed by atoms with E-state index in [1.54, 1.807) is 7.05 Å². The Labute approximate surface area is 71.5 Å². The Kier molecular flexibility index (Phi) is 2.44. The van der Waals surface area contributed by atoms with E-state index in [0.29, 0.717) is 12.8 Å². The molecule has 1 amide bonds. The average Bonchev–Trinajstić information content (AvgIpc) is 2.25.